The highest BCUT2D eigenvalue weighted by Crippen LogP contribution is 2.28. The maximum absolute atomic E-state index is 11.5. The molecule has 0 saturated carbocycles. The summed E-state index contributed by atoms with van der Waals surface area (Å²) in [6.45, 7) is 0. The molecule has 0 aliphatic carbocycles. The number of carbonyl (C=O) groups is 1. The van der Waals surface area contributed by atoms with Crippen LogP contribution < -0.4 is 4.90 Å². The molecule has 0 bridgehead atoms. The number of amides is 1. The molecular formula is C13H14N2O. The largest absolute Gasteiger partial charge is 0.315 e. The number of hydrogen-bond acceptors (Lipinski definition) is 2. The van der Waals surface area contributed by atoms with Gasteiger partial charge >= 0.3 is 0 Å². The zero-order chi connectivity index (χ0) is 11.5. The van der Waals surface area contributed by atoms with Gasteiger partial charge in [0.15, 0.2) is 0 Å². The Morgan fingerprint density at radius 3 is 3.06 bits per heavy atom. The molecule has 2 rings (SSSR count). The quantitative estimate of drug-likeness (QED) is 0.723. The summed E-state index contributed by atoms with van der Waals surface area (Å²) in [5, 5.41) is 8.47. The average Bonchev–Trinajstić information content (AvgIpc) is 2.55. The van der Waals surface area contributed by atoms with E-state index in [2.05, 4.69) is 12.1 Å². The number of likely N-dealkylation sites (N-methyl/N-ethyl adjacent to an activating group) is 1. The van der Waals surface area contributed by atoms with E-state index in [1.165, 1.54) is 5.56 Å². The van der Waals surface area contributed by atoms with Crippen LogP contribution in [0.25, 0.3) is 0 Å². The second-order valence-corrected chi connectivity index (χ2v) is 4.10. The first-order valence-electron chi connectivity index (χ1n) is 5.47. The molecule has 1 amide bonds. The predicted molar refractivity (Wildman–Crippen MR) is 62.1 cm³/mol. The summed E-state index contributed by atoms with van der Waals surface area (Å²) in [5.41, 5.74) is 3.35. The minimum Gasteiger partial charge on any atom is -0.315 e. The summed E-state index contributed by atoms with van der Waals surface area (Å²) in [5.74, 6) is 0.157. The Labute approximate surface area is 95.3 Å². The van der Waals surface area contributed by atoms with Crippen molar-refractivity contribution < 1.29 is 4.79 Å². The topological polar surface area (TPSA) is 44.1 Å². The monoisotopic (exact) mass is 214 g/mol. The van der Waals surface area contributed by atoms with Crippen molar-refractivity contribution >= 4 is 11.6 Å². The van der Waals surface area contributed by atoms with Crippen molar-refractivity contribution in [1.82, 2.24) is 0 Å². The third-order valence-electron chi connectivity index (χ3n) is 2.98. The molecule has 1 heterocycles. The molecule has 3 heteroatoms. The van der Waals surface area contributed by atoms with Crippen LogP contribution in [0.5, 0.6) is 0 Å². The van der Waals surface area contributed by atoms with Crippen molar-refractivity contribution in [2.24, 2.45) is 0 Å². The van der Waals surface area contributed by atoms with Crippen LogP contribution in [0, 0.1) is 11.3 Å². The number of unbranched alkanes of at least 4 members (excludes halogenated alkanes) is 1. The van der Waals surface area contributed by atoms with Gasteiger partial charge in [-0.1, -0.05) is 12.1 Å². The minimum absolute atomic E-state index is 0.157. The Bertz CT molecular complexity index is 459. The Kier molecular flexibility index (Phi) is 2.91. The molecule has 0 saturated heterocycles. The zero-order valence-electron chi connectivity index (χ0n) is 9.36. The predicted octanol–water partition coefficient (Wildman–Crippen LogP) is 2.05. The molecule has 0 unspecified atom stereocenters. The third-order valence-corrected chi connectivity index (χ3v) is 2.98. The molecule has 82 valence electrons. The standard InChI is InChI=1S/C13H14N2O/c1-15-12-6-5-10(4-2-3-7-14)8-11(12)9-13(15)16/h5-6,8H,2-4,9H2,1H3. The average molecular weight is 214 g/mol. The Morgan fingerprint density at radius 1 is 1.50 bits per heavy atom. The third kappa shape index (κ3) is 1.92. The Morgan fingerprint density at radius 2 is 2.31 bits per heavy atom. The SMILES string of the molecule is CN1C(=O)Cc2cc(CCCC#N)ccc21. The van der Waals surface area contributed by atoms with Gasteiger partial charge in [0.05, 0.1) is 12.5 Å². The van der Waals surface area contributed by atoms with Crippen LogP contribution in [0.4, 0.5) is 5.69 Å². The summed E-state index contributed by atoms with van der Waals surface area (Å²) in [6.07, 6.45) is 2.91. The zero-order valence-corrected chi connectivity index (χ0v) is 9.36. The summed E-state index contributed by atoms with van der Waals surface area (Å²) < 4.78 is 0. The van der Waals surface area contributed by atoms with Gasteiger partial charge in [-0.2, -0.15) is 5.26 Å². The number of carbonyl (C=O) groups excluding carboxylic acids is 1. The van der Waals surface area contributed by atoms with E-state index in [0.717, 1.165) is 24.1 Å². The van der Waals surface area contributed by atoms with E-state index in [9.17, 15) is 4.79 Å². The van der Waals surface area contributed by atoms with Crippen molar-refractivity contribution in [3.05, 3.63) is 29.3 Å². The van der Waals surface area contributed by atoms with Gasteiger partial charge in [-0.15, -0.1) is 0 Å². The second-order valence-electron chi connectivity index (χ2n) is 4.10. The Balaban J connectivity index is 2.13. The lowest BCUT2D eigenvalue weighted by Crippen LogP contribution is -2.20. The number of anilines is 1. The molecule has 0 spiro atoms. The molecule has 1 aromatic carbocycles. The van der Waals surface area contributed by atoms with Crippen molar-refractivity contribution in [2.45, 2.75) is 25.7 Å². The van der Waals surface area contributed by atoms with Crippen LogP contribution in [-0.4, -0.2) is 13.0 Å². The molecule has 0 aromatic heterocycles. The molecule has 16 heavy (non-hydrogen) atoms. The number of nitrogens with zero attached hydrogens (tertiary/aromatic N) is 2. The van der Waals surface area contributed by atoms with E-state index in [0.29, 0.717) is 12.8 Å². The van der Waals surface area contributed by atoms with Gasteiger partial charge in [-0.05, 0) is 30.0 Å². The molecule has 1 aliphatic rings. The summed E-state index contributed by atoms with van der Waals surface area (Å²) in [4.78, 5) is 13.2. The van der Waals surface area contributed by atoms with Crippen LogP contribution in [0.1, 0.15) is 24.0 Å². The van der Waals surface area contributed by atoms with E-state index in [4.69, 9.17) is 5.26 Å². The van der Waals surface area contributed by atoms with Crippen molar-refractivity contribution in [3.8, 4) is 6.07 Å². The summed E-state index contributed by atoms with van der Waals surface area (Å²) >= 11 is 0. The first-order valence-corrected chi connectivity index (χ1v) is 5.47. The number of aryl methyl sites for hydroxylation is 1. The number of nitriles is 1. The van der Waals surface area contributed by atoms with Gasteiger partial charge in [-0.3, -0.25) is 4.79 Å². The van der Waals surface area contributed by atoms with Crippen molar-refractivity contribution in [1.29, 1.82) is 5.26 Å². The molecule has 1 aliphatic heterocycles. The van der Waals surface area contributed by atoms with Gasteiger partial charge in [0.2, 0.25) is 5.91 Å². The normalized spacial score (nSPS) is 13.8. The lowest BCUT2D eigenvalue weighted by Gasteiger charge is -2.10. The molecular weight excluding hydrogens is 200 g/mol. The van der Waals surface area contributed by atoms with E-state index in [1.807, 2.05) is 19.2 Å². The summed E-state index contributed by atoms with van der Waals surface area (Å²) in [7, 11) is 1.81. The van der Waals surface area contributed by atoms with Crippen LogP contribution in [0.3, 0.4) is 0 Å². The molecule has 0 fully saturated rings. The first kappa shape index (κ1) is 10.7. The van der Waals surface area contributed by atoms with Crippen LogP contribution in [-0.2, 0) is 17.6 Å². The molecule has 0 atom stereocenters. The minimum atomic E-state index is 0.157. The van der Waals surface area contributed by atoms with Gasteiger partial charge in [0.1, 0.15) is 0 Å². The first-order chi connectivity index (χ1) is 7.72. The molecule has 3 nitrogen and oxygen atoms in total. The highest BCUT2D eigenvalue weighted by Gasteiger charge is 2.23. The van der Waals surface area contributed by atoms with Crippen LogP contribution in [0.15, 0.2) is 18.2 Å². The maximum Gasteiger partial charge on any atom is 0.231 e. The van der Waals surface area contributed by atoms with Gasteiger partial charge in [0.25, 0.3) is 0 Å². The Hall–Kier alpha value is -1.82. The number of fused-ring (bicyclic) bond motifs is 1. The van der Waals surface area contributed by atoms with E-state index in [1.54, 1.807) is 4.90 Å². The van der Waals surface area contributed by atoms with E-state index < -0.39 is 0 Å². The molecule has 0 radical (unpaired) electrons. The molecule has 0 N–H and O–H groups in total. The number of hydrogen-bond donors (Lipinski definition) is 0. The second kappa shape index (κ2) is 4.36. The van der Waals surface area contributed by atoms with Gasteiger partial charge in [0, 0.05) is 19.2 Å². The fourth-order valence-electron chi connectivity index (χ4n) is 2.05. The lowest BCUT2D eigenvalue weighted by molar-refractivity contribution is -0.117. The van der Waals surface area contributed by atoms with E-state index in [-0.39, 0.29) is 5.91 Å². The highest BCUT2D eigenvalue weighted by atomic mass is 16.2. The van der Waals surface area contributed by atoms with Crippen molar-refractivity contribution in [2.75, 3.05) is 11.9 Å². The number of benzene rings is 1. The van der Waals surface area contributed by atoms with Crippen molar-refractivity contribution in [3.63, 3.8) is 0 Å². The smallest absolute Gasteiger partial charge is 0.231 e. The highest BCUT2D eigenvalue weighted by molar-refractivity contribution is 6.00. The maximum atomic E-state index is 11.5. The van der Waals surface area contributed by atoms with Gasteiger partial charge in [-0.25, -0.2) is 0 Å². The lowest BCUT2D eigenvalue weighted by atomic mass is 10.0. The number of rotatable bonds is 3. The fraction of sp³-hybridized carbons (Fsp3) is 0.385. The summed E-state index contributed by atoms with van der Waals surface area (Å²) in [6, 6.07) is 8.28. The molecule has 1 aromatic rings. The fourth-order valence-corrected chi connectivity index (χ4v) is 2.05. The van der Waals surface area contributed by atoms with Gasteiger partial charge < -0.3 is 4.90 Å². The van der Waals surface area contributed by atoms with Crippen LogP contribution in [0.2, 0.25) is 0 Å². The van der Waals surface area contributed by atoms with Crippen LogP contribution >= 0.6 is 0 Å². The van der Waals surface area contributed by atoms with E-state index >= 15 is 0 Å².